The van der Waals surface area contributed by atoms with Gasteiger partial charge in [0, 0.05) is 25.9 Å². The maximum atomic E-state index is 11.9. The van der Waals surface area contributed by atoms with Crippen molar-refractivity contribution in [1.82, 2.24) is 10.2 Å². The molecule has 6 heteroatoms. The molecule has 0 amide bonds. The fourth-order valence-electron chi connectivity index (χ4n) is 3.34. The minimum absolute atomic E-state index is 0.265. The second kappa shape index (κ2) is 8.42. The van der Waals surface area contributed by atoms with Gasteiger partial charge in [-0.05, 0) is 44.6 Å². The number of piperidine rings is 1. The van der Waals surface area contributed by atoms with Gasteiger partial charge in [-0.2, -0.15) is 0 Å². The summed E-state index contributed by atoms with van der Waals surface area (Å²) in [4.78, 5) is 6.93. The fraction of sp³-hybridized carbons (Fsp3) is 0.650. The first-order valence-electron chi connectivity index (χ1n) is 9.43. The largest absolute Gasteiger partial charge is 0.357 e. The van der Waals surface area contributed by atoms with Gasteiger partial charge in [-0.1, -0.05) is 37.3 Å². The van der Waals surface area contributed by atoms with Crippen molar-refractivity contribution in [3.05, 3.63) is 35.9 Å². The Balaban J connectivity index is 2.11. The SMILES string of the molecule is CCNC(=NCC(C)(C)S(C)(=O)=O)N1CCC(c2ccccc2)C(C)C1. The molecular weight excluding hydrogens is 346 g/mol. The molecule has 1 N–H and O–H groups in total. The number of hydrogen-bond acceptors (Lipinski definition) is 3. The topological polar surface area (TPSA) is 61.8 Å². The lowest BCUT2D eigenvalue weighted by molar-refractivity contribution is 0.234. The van der Waals surface area contributed by atoms with Gasteiger partial charge >= 0.3 is 0 Å². The Hall–Kier alpha value is -1.56. The molecule has 0 bridgehead atoms. The number of sulfone groups is 1. The first kappa shape index (κ1) is 20.7. The number of aliphatic imine (C=N–C) groups is 1. The fourth-order valence-corrected chi connectivity index (χ4v) is 3.64. The smallest absolute Gasteiger partial charge is 0.193 e. The van der Waals surface area contributed by atoms with Crippen LogP contribution in [0.3, 0.4) is 0 Å². The number of nitrogens with one attached hydrogen (secondary N) is 1. The van der Waals surface area contributed by atoms with Crippen molar-refractivity contribution in [3.63, 3.8) is 0 Å². The van der Waals surface area contributed by atoms with Crippen LogP contribution >= 0.6 is 0 Å². The van der Waals surface area contributed by atoms with E-state index in [2.05, 4.69) is 52.5 Å². The lowest BCUT2D eigenvalue weighted by atomic mass is 9.82. The average molecular weight is 380 g/mol. The van der Waals surface area contributed by atoms with Gasteiger partial charge in [0.05, 0.1) is 11.3 Å². The van der Waals surface area contributed by atoms with E-state index < -0.39 is 14.6 Å². The predicted molar refractivity (Wildman–Crippen MR) is 109 cm³/mol. The van der Waals surface area contributed by atoms with Crippen LogP contribution in [-0.2, 0) is 9.84 Å². The third-order valence-electron chi connectivity index (χ3n) is 5.38. The van der Waals surface area contributed by atoms with Gasteiger partial charge in [-0.15, -0.1) is 0 Å². The van der Waals surface area contributed by atoms with Crippen LogP contribution in [-0.4, -0.2) is 56.5 Å². The molecule has 0 saturated carbocycles. The zero-order valence-electron chi connectivity index (χ0n) is 16.7. The van der Waals surface area contributed by atoms with E-state index in [0.717, 1.165) is 32.0 Å². The first-order chi connectivity index (χ1) is 12.2. The molecule has 0 radical (unpaired) electrons. The summed E-state index contributed by atoms with van der Waals surface area (Å²) in [6.45, 7) is 10.7. The van der Waals surface area contributed by atoms with Gasteiger partial charge in [0.2, 0.25) is 0 Å². The molecule has 1 aliphatic rings. The predicted octanol–water partition coefficient (Wildman–Crippen LogP) is 2.90. The van der Waals surface area contributed by atoms with Crippen LogP contribution in [0.15, 0.2) is 35.3 Å². The summed E-state index contributed by atoms with van der Waals surface area (Å²) in [7, 11) is -3.15. The van der Waals surface area contributed by atoms with Crippen LogP contribution < -0.4 is 5.32 Å². The summed E-state index contributed by atoms with van der Waals surface area (Å²) >= 11 is 0. The van der Waals surface area contributed by atoms with Crippen molar-refractivity contribution < 1.29 is 8.42 Å². The monoisotopic (exact) mass is 379 g/mol. The van der Waals surface area contributed by atoms with Crippen LogP contribution in [0.25, 0.3) is 0 Å². The molecule has 1 saturated heterocycles. The van der Waals surface area contributed by atoms with E-state index >= 15 is 0 Å². The number of likely N-dealkylation sites (tertiary alicyclic amines) is 1. The van der Waals surface area contributed by atoms with Crippen LogP contribution in [0.5, 0.6) is 0 Å². The lowest BCUT2D eigenvalue weighted by Crippen LogP contribution is -2.48. The van der Waals surface area contributed by atoms with Gasteiger partial charge in [0.1, 0.15) is 0 Å². The molecule has 1 aromatic rings. The molecule has 2 unspecified atom stereocenters. The van der Waals surface area contributed by atoms with Gasteiger partial charge in [-0.25, -0.2) is 8.42 Å². The summed E-state index contributed by atoms with van der Waals surface area (Å²) in [5, 5.41) is 3.33. The molecule has 26 heavy (non-hydrogen) atoms. The zero-order chi connectivity index (χ0) is 19.4. The summed E-state index contributed by atoms with van der Waals surface area (Å²) in [6.07, 6.45) is 2.36. The van der Waals surface area contributed by atoms with E-state index in [-0.39, 0.29) is 6.54 Å². The van der Waals surface area contributed by atoms with E-state index in [9.17, 15) is 8.42 Å². The molecule has 1 aliphatic heterocycles. The molecule has 146 valence electrons. The quantitative estimate of drug-likeness (QED) is 0.631. The number of nitrogens with zero attached hydrogens (tertiary/aromatic N) is 2. The average Bonchev–Trinajstić information content (AvgIpc) is 2.58. The molecule has 0 spiro atoms. The van der Waals surface area contributed by atoms with Gasteiger partial charge in [0.15, 0.2) is 15.8 Å². The summed E-state index contributed by atoms with van der Waals surface area (Å²) in [5.74, 6) is 1.89. The van der Waals surface area contributed by atoms with Gasteiger partial charge in [0.25, 0.3) is 0 Å². The minimum Gasteiger partial charge on any atom is -0.357 e. The molecule has 0 aromatic heterocycles. The lowest BCUT2D eigenvalue weighted by Gasteiger charge is -2.39. The summed E-state index contributed by atoms with van der Waals surface area (Å²) < 4.78 is 23.0. The Kier molecular flexibility index (Phi) is 6.72. The van der Waals surface area contributed by atoms with Crippen molar-refractivity contribution in [2.45, 2.75) is 44.8 Å². The summed E-state index contributed by atoms with van der Waals surface area (Å²) in [5.41, 5.74) is 1.40. The van der Waals surface area contributed by atoms with E-state index in [1.807, 2.05) is 6.92 Å². The second-order valence-corrected chi connectivity index (χ2v) is 10.6. The Labute approximate surface area is 158 Å². The number of benzene rings is 1. The highest BCUT2D eigenvalue weighted by atomic mass is 32.2. The van der Waals surface area contributed by atoms with Crippen LogP contribution in [0.4, 0.5) is 0 Å². The van der Waals surface area contributed by atoms with Crippen LogP contribution in [0.2, 0.25) is 0 Å². The maximum Gasteiger partial charge on any atom is 0.193 e. The molecule has 1 fully saturated rings. The highest BCUT2D eigenvalue weighted by Gasteiger charge is 2.32. The van der Waals surface area contributed by atoms with Crippen molar-refractivity contribution in [2.75, 3.05) is 32.4 Å². The van der Waals surface area contributed by atoms with Crippen molar-refractivity contribution in [3.8, 4) is 0 Å². The van der Waals surface area contributed by atoms with Crippen LogP contribution in [0.1, 0.15) is 45.6 Å². The van der Waals surface area contributed by atoms with Gasteiger partial charge < -0.3 is 10.2 Å². The van der Waals surface area contributed by atoms with Crippen molar-refractivity contribution in [1.29, 1.82) is 0 Å². The Bertz CT molecular complexity index is 714. The highest BCUT2D eigenvalue weighted by molar-refractivity contribution is 7.92. The highest BCUT2D eigenvalue weighted by Crippen LogP contribution is 2.32. The van der Waals surface area contributed by atoms with Crippen molar-refractivity contribution in [2.24, 2.45) is 10.9 Å². The van der Waals surface area contributed by atoms with E-state index in [1.165, 1.54) is 11.8 Å². The maximum absolute atomic E-state index is 11.9. The zero-order valence-corrected chi connectivity index (χ0v) is 17.5. The Morgan fingerprint density at radius 1 is 1.31 bits per heavy atom. The van der Waals surface area contributed by atoms with Gasteiger partial charge in [-0.3, -0.25) is 4.99 Å². The van der Waals surface area contributed by atoms with E-state index in [0.29, 0.717) is 11.8 Å². The van der Waals surface area contributed by atoms with Crippen LogP contribution in [0, 0.1) is 5.92 Å². The van der Waals surface area contributed by atoms with Crippen molar-refractivity contribution >= 4 is 15.8 Å². The van der Waals surface area contributed by atoms with E-state index in [1.54, 1.807) is 13.8 Å². The molecule has 2 atom stereocenters. The normalized spacial score (nSPS) is 22.3. The molecule has 1 aromatic carbocycles. The minimum atomic E-state index is -3.15. The first-order valence-corrected chi connectivity index (χ1v) is 11.3. The third kappa shape index (κ3) is 5.00. The summed E-state index contributed by atoms with van der Waals surface area (Å²) in [6, 6.07) is 10.7. The molecule has 2 rings (SSSR count). The second-order valence-electron chi connectivity index (χ2n) is 7.93. The number of rotatable bonds is 5. The Morgan fingerprint density at radius 2 is 1.96 bits per heavy atom. The molecule has 0 aliphatic carbocycles. The Morgan fingerprint density at radius 3 is 2.50 bits per heavy atom. The standard InChI is InChI=1S/C20H33N3O2S/c1-6-21-19(22-15-20(3,4)26(5,24)25)23-13-12-18(16(2)14-23)17-10-8-7-9-11-17/h7-11,16,18H,6,12-15H2,1-5H3,(H,21,22). The molecule has 5 nitrogen and oxygen atoms in total. The molecule has 1 heterocycles. The number of guanidine groups is 1. The van der Waals surface area contributed by atoms with E-state index in [4.69, 9.17) is 0 Å². The number of hydrogen-bond donors (Lipinski definition) is 1. The molecular formula is C20H33N3O2S. The third-order valence-corrected chi connectivity index (χ3v) is 7.52.